The van der Waals surface area contributed by atoms with E-state index in [1.54, 1.807) is 0 Å². The van der Waals surface area contributed by atoms with Crippen molar-refractivity contribution < 1.29 is 47.8 Å². The van der Waals surface area contributed by atoms with E-state index >= 15 is 0 Å². The van der Waals surface area contributed by atoms with Crippen LogP contribution in [-0.2, 0) is 14.6 Å². The maximum absolute atomic E-state index is 12.7. The molecule has 0 bridgehead atoms. The molecule has 38 heavy (non-hydrogen) atoms. The van der Waals surface area contributed by atoms with Gasteiger partial charge in [-0.3, -0.25) is 4.55 Å². The first-order valence-corrected chi connectivity index (χ1v) is 15.6. The first-order chi connectivity index (χ1) is 17.5. The van der Waals surface area contributed by atoms with Crippen LogP contribution in [0.25, 0.3) is 0 Å². The zero-order chi connectivity index (χ0) is 28.5. The lowest BCUT2D eigenvalue weighted by atomic mass is 9.40. The van der Waals surface area contributed by atoms with Crippen LogP contribution in [-0.4, -0.2) is 85.8 Å². The fraction of sp³-hybridized carbons (Fsp3) is 1.00. The van der Waals surface area contributed by atoms with Crippen molar-refractivity contribution >= 4 is 10.4 Å². The first kappa shape index (κ1) is 30.6. The minimum atomic E-state index is -4.97. The summed E-state index contributed by atoms with van der Waals surface area (Å²) in [5.41, 5.74) is -5.87. The smallest absolute Gasteiger partial charge is 0.396 e. The summed E-state index contributed by atoms with van der Waals surface area (Å²) in [5.74, 6) is -1.37. The van der Waals surface area contributed by atoms with Gasteiger partial charge < -0.3 is 30.6 Å². The molecular formula is C27H48O10S. The fourth-order valence-corrected chi connectivity index (χ4v) is 10.2. The Kier molecular flexibility index (Phi) is 8.18. The van der Waals surface area contributed by atoms with E-state index < -0.39 is 68.7 Å². The zero-order valence-electron chi connectivity index (χ0n) is 23.0. The van der Waals surface area contributed by atoms with E-state index in [2.05, 4.69) is 0 Å². The molecule has 0 saturated heterocycles. The van der Waals surface area contributed by atoms with E-state index in [-0.39, 0.29) is 43.6 Å². The van der Waals surface area contributed by atoms with Gasteiger partial charge in [0.05, 0.1) is 18.3 Å². The quantitative estimate of drug-likeness (QED) is 0.213. The minimum Gasteiger partial charge on any atom is -0.396 e. The molecule has 0 radical (unpaired) electrons. The highest BCUT2D eigenvalue weighted by atomic mass is 32.3. The van der Waals surface area contributed by atoms with Crippen LogP contribution in [0.4, 0.5) is 0 Å². The largest absolute Gasteiger partial charge is 0.397 e. The summed E-state index contributed by atoms with van der Waals surface area (Å²) in [4.78, 5) is 0. The summed E-state index contributed by atoms with van der Waals surface area (Å²) >= 11 is 0. The number of aliphatic hydroxyl groups is 6. The highest BCUT2D eigenvalue weighted by Gasteiger charge is 2.79. The Morgan fingerprint density at radius 2 is 1.66 bits per heavy atom. The van der Waals surface area contributed by atoms with Gasteiger partial charge in [0.1, 0.15) is 17.3 Å². The average molecular weight is 565 g/mol. The van der Waals surface area contributed by atoms with Gasteiger partial charge in [-0.1, -0.05) is 40.5 Å². The Morgan fingerprint density at radius 3 is 2.26 bits per heavy atom. The number of fused-ring (bicyclic) bond motifs is 5. The van der Waals surface area contributed by atoms with E-state index in [1.807, 2.05) is 27.7 Å². The molecule has 10 nitrogen and oxygen atoms in total. The van der Waals surface area contributed by atoms with Crippen LogP contribution in [0.3, 0.4) is 0 Å². The highest BCUT2D eigenvalue weighted by Crippen LogP contribution is 2.71. The Hall–Kier alpha value is -0.370. The molecule has 4 fully saturated rings. The molecule has 0 aromatic rings. The van der Waals surface area contributed by atoms with Crippen molar-refractivity contribution in [3.8, 4) is 0 Å². The van der Waals surface area contributed by atoms with Crippen molar-refractivity contribution in [2.24, 2.45) is 40.4 Å². The normalized spacial score (nSPS) is 50.6. The Balaban J connectivity index is 1.75. The van der Waals surface area contributed by atoms with Crippen LogP contribution in [0.1, 0.15) is 85.5 Å². The maximum atomic E-state index is 12.7. The summed E-state index contributed by atoms with van der Waals surface area (Å²) in [6, 6.07) is 0. The molecule has 11 heteroatoms. The third-order valence-electron chi connectivity index (χ3n) is 11.6. The monoisotopic (exact) mass is 564 g/mol. The first-order valence-electron chi connectivity index (χ1n) is 14.2. The molecule has 13 unspecified atom stereocenters. The van der Waals surface area contributed by atoms with E-state index in [1.165, 1.54) is 0 Å². The van der Waals surface area contributed by atoms with Gasteiger partial charge in [-0.2, -0.15) is 8.42 Å². The van der Waals surface area contributed by atoms with Crippen LogP contribution in [0.2, 0.25) is 0 Å². The molecule has 4 rings (SSSR count). The second-order valence-corrected chi connectivity index (χ2v) is 14.7. The standard InChI is InChI=1S/C27H48O10S/c1-15(14-28)6-5-7-16(2)17-12-21(37-38(34,35)36)27(33)25(17,4)11-9-20-24(3)10-8-18(29)23(31)22(24)19(30)13-26(20,27)32/h15-23,28-33H,5-14H2,1-4H3,(H,34,35,36). The van der Waals surface area contributed by atoms with Gasteiger partial charge >= 0.3 is 10.4 Å². The summed E-state index contributed by atoms with van der Waals surface area (Å²) in [6.07, 6.45) is -0.981. The average Bonchev–Trinajstić information content (AvgIpc) is 3.03. The highest BCUT2D eigenvalue weighted by molar-refractivity contribution is 7.80. The van der Waals surface area contributed by atoms with Gasteiger partial charge in [-0.25, -0.2) is 4.18 Å². The Bertz CT molecular complexity index is 977. The van der Waals surface area contributed by atoms with E-state index in [0.29, 0.717) is 19.3 Å². The number of hydrogen-bond donors (Lipinski definition) is 7. The van der Waals surface area contributed by atoms with Crippen LogP contribution in [0.5, 0.6) is 0 Å². The molecule has 7 N–H and O–H groups in total. The number of rotatable bonds is 8. The van der Waals surface area contributed by atoms with E-state index in [4.69, 9.17) is 4.18 Å². The SMILES string of the molecule is CC(CO)CCCC(C)C1CC(OS(=O)(=O)O)C2(O)C1(C)CCC1C3(C)CCC(O)C(O)C3C(O)CC12O. The van der Waals surface area contributed by atoms with E-state index in [0.717, 1.165) is 19.3 Å². The van der Waals surface area contributed by atoms with Crippen molar-refractivity contribution in [2.45, 2.75) is 121 Å². The lowest BCUT2D eigenvalue weighted by Crippen LogP contribution is -2.78. The lowest BCUT2D eigenvalue weighted by molar-refractivity contribution is -0.335. The summed E-state index contributed by atoms with van der Waals surface area (Å²) in [6.45, 7) is 7.83. The molecule has 0 heterocycles. The molecule has 0 aromatic carbocycles. The van der Waals surface area contributed by atoms with Crippen molar-refractivity contribution in [3.05, 3.63) is 0 Å². The van der Waals surface area contributed by atoms with Crippen LogP contribution in [0.15, 0.2) is 0 Å². The third-order valence-corrected chi connectivity index (χ3v) is 12.1. The maximum Gasteiger partial charge on any atom is 0.397 e. The van der Waals surface area contributed by atoms with Gasteiger partial charge in [0.25, 0.3) is 0 Å². The molecule has 222 valence electrons. The second-order valence-electron chi connectivity index (χ2n) is 13.6. The Morgan fingerprint density at radius 1 is 1.00 bits per heavy atom. The summed E-state index contributed by atoms with van der Waals surface area (Å²) in [7, 11) is -4.97. The Labute approximate surface area is 226 Å². The molecule has 13 atom stereocenters. The molecule has 0 aliphatic heterocycles. The summed E-state index contributed by atoms with van der Waals surface area (Å²) in [5, 5.41) is 67.0. The van der Waals surface area contributed by atoms with Gasteiger partial charge in [0.2, 0.25) is 0 Å². The van der Waals surface area contributed by atoms with Crippen molar-refractivity contribution in [2.75, 3.05) is 6.61 Å². The molecule has 0 spiro atoms. The van der Waals surface area contributed by atoms with Gasteiger partial charge in [-0.05, 0) is 67.6 Å². The predicted octanol–water partition coefficient (Wildman–Crippen LogP) is 1.41. The summed E-state index contributed by atoms with van der Waals surface area (Å²) < 4.78 is 38.8. The zero-order valence-corrected chi connectivity index (χ0v) is 23.8. The van der Waals surface area contributed by atoms with Gasteiger partial charge in [0, 0.05) is 24.4 Å². The van der Waals surface area contributed by atoms with Crippen LogP contribution in [0, 0.1) is 40.4 Å². The van der Waals surface area contributed by atoms with Crippen molar-refractivity contribution in [1.82, 2.24) is 0 Å². The second kappa shape index (κ2) is 10.2. The molecule has 4 saturated carbocycles. The fourth-order valence-electron chi connectivity index (χ4n) is 9.72. The van der Waals surface area contributed by atoms with E-state index in [9.17, 15) is 43.6 Å². The van der Waals surface area contributed by atoms with Crippen LogP contribution < -0.4 is 0 Å². The number of hydrogen-bond acceptors (Lipinski definition) is 9. The molecule has 0 amide bonds. The van der Waals surface area contributed by atoms with Crippen molar-refractivity contribution in [1.29, 1.82) is 0 Å². The molecule has 0 aromatic heterocycles. The minimum absolute atomic E-state index is 0.0241. The molecular weight excluding hydrogens is 516 g/mol. The lowest BCUT2D eigenvalue weighted by Gasteiger charge is -2.69. The van der Waals surface area contributed by atoms with Crippen molar-refractivity contribution in [3.63, 3.8) is 0 Å². The van der Waals surface area contributed by atoms with Gasteiger partial charge in [0.15, 0.2) is 0 Å². The third kappa shape index (κ3) is 4.48. The topological polar surface area (TPSA) is 185 Å². The predicted molar refractivity (Wildman–Crippen MR) is 138 cm³/mol. The molecule has 4 aliphatic carbocycles. The van der Waals surface area contributed by atoms with Crippen LogP contribution >= 0.6 is 0 Å². The molecule has 4 aliphatic rings. The number of aliphatic hydroxyl groups excluding tert-OH is 4. The van der Waals surface area contributed by atoms with Gasteiger partial charge in [-0.15, -0.1) is 0 Å².